The number of esters is 1. The van der Waals surface area contributed by atoms with Gasteiger partial charge in [0, 0.05) is 0 Å². The summed E-state index contributed by atoms with van der Waals surface area (Å²) in [5.41, 5.74) is 0.266. The number of rotatable bonds is 2. The normalized spacial score (nSPS) is 17.5. The number of methoxy groups -OCH3 is 1. The van der Waals surface area contributed by atoms with Gasteiger partial charge in [-0.25, -0.2) is 18.6 Å². The third kappa shape index (κ3) is 2.31. The van der Waals surface area contributed by atoms with Crippen molar-refractivity contribution in [1.82, 2.24) is 4.98 Å². The largest absolute Gasteiger partial charge is 0.464 e. The number of halogens is 3. The van der Waals surface area contributed by atoms with E-state index in [9.17, 15) is 13.6 Å². The molecule has 1 aliphatic heterocycles. The van der Waals surface area contributed by atoms with E-state index in [4.69, 9.17) is 11.6 Å². The first-order chi connectivity index (χ1) is 7.93. The van der Waals surface area contributed by atoms with E-state index in [2.05, 4.69) is 9.72 Å². The van der Waals surface area contributed by atoms with Crippen molar-refractivity contribution in [3.05, 3.63) is 23.0 Å². The molecule has 0 aromatic carbocycles. The highest BCUT2D eigenvalue weighted by molar-refractivity contribution is 6.29. The Labute approximate surface area is 101 Å². The lowest BCUT2D eigenvalue weighted by atomic mass is 10.1. The highest BCUT2D eigenvalue weighted by Crippen LogP contribution is 2.33. The number of hydrogen-bond donors (Lipinski definition) is 0. The predicted molar refractivity (Wildman–Crippen MR) is 57.7 cm³/mol. The van der Waals surface area contributed by atoms with E-state index < -0.39 is 25.0 Å². The van der Waals surface area contributed by atoms with Crippen LogP contribution in [0.2, 0.25) is 5.15 Å². The second kappa shape index (κ2) is 4.10. The molecule has 4 nitrogen and oxygen atoms in total. The number of pyridine rings is 1. The number of aromatic nitrogens is 1. The van der Waals surface area contributed by atoms with Crippen LogP contribution >= 0.6 is 11.6 Å². The van der Waals surface area contributed by atoms with Crippen LogP contribution < -0.4 is 4.90 Å². The van der Waals surface area contributed by atoms with Crippen molar-refractivity contribution in [2.24, 2.45) is 0 Å². The van der Waals surface area contributed by atoms with Gasteiger partial charge in [-0.1, -0.05) is 11.6 Å². The molecule has 0 spiro atoms. The molecule has 0 unspecified atom stereocenters. The molecule has 17 heavy (non-hydrogen) atoms. The molecule has 1 aromatic heterocycles. The quantitative estimate of drug-likeness (QED) is 0.604. The molecule has 0 bridgehead atoms. The van der Waals surface area contributed by atoms with Gasteiger partial charge in [0.2, 0.25) is 0 Å². The summed E-state index contributed by atoms with van der Waals surface area (Å²) in [5, 5.41) is 0.112. The lowest BCUT2D eigenvalue weighted by Gasteiger charge is -2.40. The molecule has 7 heteroatoms. The Morgan fingerprint density at radius 2 is 2.18 bits per heavy atom. The number of hydrogen-bond acceptors (Lipinski definition) is 4. The number of carbonyl (C=O) groups excluding carboxylic acids is 1. The first-order valence-corrected chi connectivity index (χ1v) is 5.18. The van der Waals surface area contributed by atoms with E-state index in [0.29, 0.717) is 5.69 Å². The summed E-state index contributed by atoms with van der Waals surface area (Å²) >= 11 is 5.65. The van der Waals surface area contributed by atoms with Crippen molar-refractivity contribution in [3.63, 3.8) is 0 Å². The van der Waals surface area contributed by atoms with E-state index in [0.717, 1.165) is 0 Å². The molecule has 2 heterocycles. The third-order valence-corrected chi connectivity index (χ3v) is 2.61. The smallest absolute Gasteiger partial charge is 0.358 e. The summed E-state index contributed by atoms with van der Waals surface area (Å²) < 4.78 is 30.1. The molecule has 0 radical (unpaired) electrons. The van der Waals surface area contributed by atoms with Crippen molar-refractivity contribution < 1.29 is 18.3 Å². The van der Waals surface area contributed by atoms with Crippen LogP contribution in [0.5, 0.6) is 0 Å². The Bertz CT molecular complexity index is 460. The Balaban J connectivity index is 2.31. The SMILES string of the molecule is COC(=O)c1nc(Cl)ccc1N1CC(F)(F)C1. The number of anilines is 1. The second-order valence-corrected chi connectivity index (χ2v) is 4.09. The van der Waals surface area contributed by atoms with Crippen LogP contribution in [0, 0.1) is 0 Å². The van der Waals surface area contributed by atoms with E-state index in [1.807, 2.05) is 0 Å². The minimum atomic E-state index is -2.72. The average molecular weight is 263 g/mol. The molecule has 92 valence electrons. The standard InChI is InChI=1S/C10H9ClF2N2O2/c1-17-9(16)8-6(2-3-7(11)14-8)15-4-10(12,13)5-15/h2-3H,4-5H2,1H3. The second-order valence-electron chi connectivity index (χ2n) is 3.71. The Hall–Kier alpha value is -1.43. The molecular weight excluding hydrogens is 254 g/mol. The zero-order chi connectivity index (χ0) is 12.6. The van der Waals surface area contributed by atoms with Crippen LogP contribution in [-0.4, -0.2) is 37.1 Å². The summed E-state index contributed by atoms with van der Waals surface area (Å²) in [6.07, 6.45) is 0. The van der Waals surface area contributed by atoms with Gasteiger partial charge in [0.25, 0.3) is 5.92 Å². The highest BCUT2D eigenvalue weighted by atomic mass is 35.5. The Morgan fingerprint density at radius 1 is 1.53 bits per heavy atom. The van der Waals surface area contributed by atoms with Gasteiger partial charge in [-0.15, -0.1) is 0 Å². The topological polar surface area (TPSA) is 42.4 Å². The maximum Gasteiger partial charge on any atom is 0.358 e. The fourth-order valence-corrected chi connectivity index (χ4v) is 1.76. The maximum absolute atomic E-state index is 12.8. The van der Waals surface area contributed by atoms with Gasteiger partial charge in [0.05, 0.1) is 25.9 Å². The summed E-state index contributed by atoms with van der Waals surface area (Å²) in [5.74, 6) is -3.41. The zero-order valence-corrected chi connectivity index (χ0v) is 9.67. The van der Waals surface area contributed by atoms with E-state index >= 15 is 0 Å². The summed E-state index contributed by atoms with van der Waals surface area (Å²) in [7, 11) is 1.19. The van der Waals surface area contributed by atoms with Crippen molar-refractivity contribution in [2.75, 3.05) is 25.1 Å². The van der Waals surface area contributed by atoms with Crippen LogP contribution in [0.15, 0.2) is 12.1 Å². The van der Waals surface area contributed by atoms with Crippen LogP contribution in [0.1, 0.15) is 10.5 Å². The molecular formula is C10H9ClF2N2O2. The molecule has 1 saturated heterocycles. The van der Waals surface area contributed by atoms with Gasteiger partial charge >= 0.3 is 5.97 Å². The molecule has 1 aromatic rings. The summed E-state index contributed by atoms with van der Waals surface area (Å²) in [4.78, 5) is 16.6. The molecule has 1 fully saturated rings. The van der Waals surface area contributed by atoms with Crippen LogP contribution in [0.3, 0.4) is 0 Å². The number of nitrogens with zero attached hydrogens (tertiary/aromatic N) is 2. The van der Waals surface area contributed by atoms with E-state index in [1.54, 1.807) is 0 Å². The molecule has 0 amide bonds. The van der Waals surface area contributed by atoms with Crippen LogP contribution in [-0.2, 0) is 4.74 Å². The van der Waals surface area contributed by atoms with Gasteiger partial charge in [-0.2, -0.15) is 0 Å². The van der Waals surface area contributed by atoms with Gasteiger partial charge in [-0.3, -0.25) is 0 Å². The monoisotopic (exact) mass is 262 g/mol. The lowest BCUT2D eigenvalue weighted by Crippen LogP contribution is -2.56. The van der Waals surface area contributed by atoms with Gasteiger partial charge < -0.3 is 9.64 Å². The molecule has 0 N–H and O–H groups in total. The van der Waals surface area contributed by atoms with Crippen LogP contribution in [0.25, 0.3) is 0 Å². The zero-order valence-electron chi connectivity index (χ0n) is 8.91. The molecule has 1 aliphatic rings. The summed E-state index contributed by atoms with van der Waals surface area (Å²) in [6, 6.07) is 2.93. The van der Waals surface area contributed by atoms with Crippen LogP contribution in [0.4, 0.5) is 14.5 Å². The minimum absolute atomic E-state index is 0.0458. The average Bonchev–Trinajstić information content (AvgIpc) is 2.24. The summed E-state index contributed by atoms with van der Waals surface area (Å²) in [6.45, 7) is -0.861. The fraction of sp³-hybridized carbons (Fsp3) is 0.400. The predicted octanol–water partition coefficient (Wildman–Crippen LogP) is 1.98. The van der Waals surface area contributed by atoms with Crippen molar-refractivity contribution >= 4 is 23.3 Å². The number of ether oxygens (including phenoxy) is 1. The molecule has 0 aliphatic carbocycles. The van der Waals surface area contributed by atoms with Gasteiger partial charge in [-0.05, 0) is 12.1 Å². The first-order valence-electron chi connectivity index (χ1n) is 4.80. The minimum Gasteiger partial charge on any atom is -0.464 e. The fourth-order valence-electron chi connectivity index (χ4n) is 1.61. The van der Waals surface area contributed by atoms with Gasteiger partial charge in [0.15, 0.2) is 5.69 Å². The lowest BCUT2D eigenvalue weighted by molar-refractivity contribution is -0.0264. The maximum atomic E-state index is 12.8. The first kappa shape index (κ1) is 12.0. The van der Waals surface area contributed by atoms with E-state index in [1.165, 1.54) is 24.1 Å². The number of alkyl halides is 2. The van der Waals surface area contributed by atoms with Crippen molar-refractivity contribution in [1.29, 1.82) is 0 Å². The third-order valence-electron chi connectivity index (χ3n) is 2.40. The van der Waals surface area contributed by atoms with E-state index in [-0.39, 0.29) is 10.8 Å². The Morgan fingerprint density at radius 3 is 2.71 bits per heavy atom. The molecule has 0 atom stereocenters. The highest BCUT2D eigenvalue weighted by Gasteiger charge is 2.45. The van der Waals surface area contributed by atoms with Crippen molar-refractivity contribution in [3.8, 4) is 0 Å². The Kier molecular flexibility index (Phi) is 2.91. The van der Waals surface area contributed by atoms with Crippen molar-refractivity contribution in [2.45, 2.75) is 5.92 Å². The molecule has 2 rings (SSSR count). The van der Waals surface area contributed by atoms with Gasteiger partial charge in [0.1, 0.15) is 5.15 Å². The molecule has 0 saturated carbocycles. The number of carbonyl (C=O) groups is 1.